The lowest BCUT2D eigenvalue weighted by Crippen LogP contribution is -2.46. The minimum Gasteiger partial charge on any atom is -0.352 e. The number of rotatable bonds is 5. The van der Waals surface area contributed by atoms with Crippen LogP contribution in [0.4, 0.5) is 13.2 Å². The molecule has 9 heteroatoms. The van der Waals surface area contributed by atoms with Crippen molar-refractivity contribution in [2.24, 2.45) is 11.8 Å². The van der Waals surface area contributed by atoms with Crippen LogP contribution in [0.3, 0.4) is 0 Å². The minimum absolute atomic E-state index is 0.0653. The molecule has 2 aliphatic rings. The van der Waals surface area contributed by atoms with Crippen LogP contribution in [0.1, 0.15) is 58.3 Å². The van der Waals surface area contributed by atoms with E-state index in [0.29, 0.717) is 18.8 Å². The second-order valence-corrected chi connectivity index (χ2v) is 9.26. The van der Waals surface area contributed by atoms with Gasteiger partial charge in [0.05, 0.1) is 5.92 Å². The topological polar surface area (TPSA) is 75.3 Å². The van der Waals surface area contributed by atoms with Gasteiger partial charge in [-0.15, -0.1) is 0 Å². The van der Waals surface area contributed by atoms with Crippen LogP contribution in [-0.4, -0.2) is 38.3 Å². The molecule has 2 atom stereocenters. The van der Waals surface area contributed by atoms with E-state index < -0.39 is 39.8 Å². The first-order valence-electron chi connectivity index (χ1n) is 8.91. The van der Waals surface area contributed by atoms with E-state index in [1.54, 1.807) is 0 Å². The van der Waals surface area contributed by atoms with Crippen molar-refractivity contribution in [2.45, 2.75) is 76.6 Å². The van der Waals surface area contributed by atoms with Gasteiger partial charge in [-0.3, -0.25) is 4.79 Å². The summed E-state index contributed by atoms with van der Waals surface area (Å²) in [6, 6.07) is -0.767. The van der Waals surface area contributed by atoms with Crippen molar-refractivity contribution < 1.29 is 26.4 Å². The summed E-state index contributed by atoms with van der Waals surface area (Å²) in [5.41, 5.74) is 0. The Bertz CT molecular complexity index is 557. The second-order valence-electron chi connectivity index (χ2n) is 7.50. The first kappa shape index (κ1) is 20.5. The largest absolute Gasteiger partial charge is 0.391 e. The third-order valence-electron chi connectivity index (χ3n) is 5.19. The van der Waals surface area contributed by atoms with E-state index in [2.05, 4.69) is 17.0 Å². The minimum atomic E-state index is -4.27. The van der Waals surface area contributed by atoms with Crippen LogP contribution < -0.4 is 10.0 Å². The van der Waals surface area contributed by atoms with Gasteiger partial charge >= 0.3 is 6.18 Å². The summed E-state index contributed by atoms with van der Waals surface area (Å²) in [5, 5.41) is 2.46. The Morgan fingerprint density at radius 1 is 1.04 bits per heavy atom. The average Bonchev–Trinajstić information content (AvgIpc) is 2.48. The van der Waals surface area contributed by atoms with Crippen LogP contribution in [0, 0.1) is 11.8 Å². The van der Waals surface area contributed by atoms with Gasteiger partial charge < -0.3 is 5.32 Å². The van der Waals surface area contributed by atoms with Crippen LogP contribution in [0.25, 0.3) is 0 Å². The van der Waals surface area contributed by atoms with E-state index in [4.69, 9.17) is 0 Å². The molecule has 0 bridgehead atoms. The smallest absolute Gasteiger partial charge is 0.352 e. The van der Waals surface area contributed by atoms with Gasteiger partial charge in [0.25, 0.3) is 0 Å². The zero-order valence-electron chi connectivity index (χ0n) is 14.4. The summed E-state index contributed by atoms with van der Waals surface area (Å²) < 4.78 is 65.1. The number of nitrogens with one attached hydrogen (secondary N) is 2. The number of carbonyl (C=O) groups is 1. The summed E-state index contributed by atoms with van der Waals surface area (Å²) in [4.78, 5) is 12.0. The SMILES string of the molecule is CC1CCC(NS(=O)(=O)CC(=O)N[C@H]2CCC[C@@H](C(F)(F)F)C2)CC1. The van der Waals surface area contributed by atoms with Crippen LogP contribution in [0.5, 0.6) is 0 Å². The Balaban J connectivity index is 1.80. The van der Waals surface area contributed by atoms with Gasteiger partial charge in [-0.25, -0.2) is 13.1 Å². The first-order chi connectivity index (χ1) is 11.5. The molecular formula is C16H27F3N2O3S. The number of carbonyl (C=O) groups excluding carboxylic acids is 1. The molecule has 0 aromatic heterocycles. The fraction of sp³-hybridized carbons (Fsp3) is 0.938. The third-order valence-corrected chi connectivity index (χ3v) is 6.52. The standard InChI is InChI=1S/C16H27F3N2O3S/c1-11-5-7-13(8-6-11)21-25(23,24)10-15(22)20-14-4-2-3-12(9-14)16(17,18)19/h11-14,21H,2-10H2,1H3,(H,20,22)/t11?,12-,13?,14+/m1/s1. The first-order valence-corrected chi connectivity index (χ1v) is 10.6. The predicted octanol–water partition coefficient (Wildman–Crippen LogP) is 2.72. The van der Waals surface area contributed by atoms with Gasteiger partial charge in [0, 0.05) is 12.1 Å². The average molecular weight is 384 g/mol. The molecule has 0 aromatic rings. The van der Waals surface area contributed by atoms with Gasteiger partial charge in [0.2, 0.25) is 15.9 Å². The summed E-state index contributed by atoms with van der Waals surface area (Å²) in [5.74, 6) is -2.31. The van der Waals surface area contributed by atoms with Gasteiger partial charge in [-0.2, -0.15) is 13.2 Å². The van der Waals surface area contributed by atoms with Crippen LogP contribution in [-0.2, 0) is 14.8 Å². The molecule has 2 N–H and O–H groups in total. The normalized spacial score (nSPS) is 31.5. The number of sulfonamides is 1. The molecule has 0 aromatic carbocycles. The van der Waals surface area contributed by atoms with Gasteiger partial charge in [-0.05, 0) is 50.9 Å². The lowest BCUT2D eigenvalue weighted by Gasteiger charge is -2.31. The zero-order chi connectivity index (χ0) is 18.7. The van der Waals surface area contributed by atoms with E-state index in [1.165, 1.54) is 0 Å². The number of hydrogen-bond donors (Lipinski definition) is 2. The lowest BCUT2D eigenvalue weighted by atomic mass is 9.85. The second kappa shape index (κ2) is 8.24. The van der Waals surface area contributed by atoms with Crippen LogP contribution in [0.15, 0.2) is 0 Å². The molecule has 0 spiro atoms. The summed E-state index contributed by atoms with van der Waals surface area (Å²) in [7, 11) is -3.77. The zero-order valence-corrected chi connectivity index (χ0v) is 15.3. The Labute approximate surface area is 147 Å². The van der Waals surface area contributed by atoms with Crippen molar-refractivity contribution in [1.29, 1.82) is 0 Å². The molecule has 25 heavy (non-hydrogen) atoms. The maximum Gasteiger partial charge on any atom is 0.391 e. The number of alkyl halides is 3. The molecule has 2 rings (SSSR count). The molecule has 5 nitrogen and oxygen atoms in total. The maximum atomic E-state index is 12.8. The van der Waals surface area contributed by atoms with E-state index in [-0.39, 0.29) is 18.9 Å². The van der Waals surface area contributed by atoms with Crippen molar-refractivity contribution in [2.75, 3.05) is 5.75 Å². The van der Waals surface area contributed by atoms with E-state index >= 15 is 0 Å². The number of halogens is 3. The van der Waals surface area contributed by atoms with Crippen LogP contribution >= 0.6 is 0 Å². The Morgan fingerprint density at radius 2 is 1.68 bits per heavy atom. The molecule has 1 amide bonds. The molecule has 2 fully saturated rings. The third kappa shape index (κ3) is 6.77. The molecular weight excluding hydrogens is 357 g/mol. The lowest BCUT2D eigenvalue weighted by molar-refractivity contribution is -0.184. The molecule has 0 radical (unpaired) electrons. The van der Waals surface area contributed by atoms with Gasteiger partial charge in [0.15, 0.2) is 0 Å². The molecule has 0 unspecified atom stereocenters. The summed E-state index contributed by atoms with van der Waals surface area (Å²) in [6.07, 6.45) is -0.169. The van der Waals surface area contributed by atoms with Crippen molar-refractivity contribution in [1.82, 2.24) is 10.0 Å². The quantitative estimate of drug-likeness (QED) is 0.765. The van der Waals surface area contributed by atoms with E-state index in [9.17, 15) is 26.4 Å². The molecule has 0 saturated heterocycles. The van der Waals surface area contributed by atoms with E-state index in [0.717, 1.165) is 25.7 Å². The highest BCUT2D eigenvalue weighted by molar-refractivity contribution is 7.90. The Hall–Kier alpha value is -0.830. The molecule has 2 saturated carbocycles. The fourth-order valence-electron chi connectivity index (χ4n) is 3.73. The van der Waals surface area contributed by atoms with Crippen molar-refractivity contribution >= 4 is 15.9 Å². The molecule has 0 heterocycles. The maximum absolute atomic E-state index is 12.8. The molecule has 0 aliphatic heterocycles. The van der Waals surface area contributed by atoms with E-state index in [1.807, 2.05) is 0 Å². The predicted molar refractivity (Wildman–Crippen MR) is 88.3 cm³/mol. The molecule has 2 aliphatic carbocycles. The van der Waals surface area contributed by atoms with Crippen LogP contribution in [0.2, 0.25) is 0 Å². The monoisotopic (exact) mass is 384 g/mol. The highest BCUT2D eigenvalue weighted by Crippen LogP contribution is 2.37. The van der Waals surface area contributed by atoms with Crippen molar-refractivity contribution in [3.8, 4) is 0 Å². The number of amides is 1. The number of hydrogen-bond acceptors (Lipinski definition) is 3. The fourth-order valence-corrected chi connectivity index (χ4v) is 4.99. The van der Waals surface area contributed by atoms with Gasteiger partial charge in [0.1, 0.15) is 5.75 Å². The highest BCUT2D eigenvalue weighted by Gasteiger charge is 2.42. The Kier molecular flexibility index (Phi) is 6.75. The highest BCUT2D eigenvalue weighted by atomic mass is 32.2. The van der Waals surface area contributed by atoms with Gasteiger partial charge in [-0.1, -0.05) is 13.3 Å². The Morgan fingerprint density at radius 3 is 2.28 bits per heavy atom. The van der Waals surface area contributed by atoms with Crippen molar-refractivity contribution in [3.05, 3.63) is 0 Å². The summed E-state index contributed by atoms with van der Waals surface area (Å²) in [6.45, 7) is 2.12. The van der Waals surface area contributed by atoms with Crippen molar-refractivity contribution in [3.63, 3.8) is 0 Å². The molecule has 146 valence electrons. The summed E-state index contributed by atoms with van der Waals surface area (Å²) >= 11 is 0.